The molecule has 0 heterocycles. The van der Waals surface area contributed by atoms with Crippen molar-refractivity contribution in [2.75, 3.05) is 10.8 Å². The fourth-order valence-electron chi connectivity index (χ4n) is 4.18. The van der Waals surface area contributed by atoms with Gasteiger partial charge < -0.3 is 10.2 Å². The highest BCUT2D eigenvalue weighted by atomic mass is 35.5. The van der Waals surface area contributed by atoms with Crippen LogP contribution in [0.1, 0.15) is 39.2 Å². The Labute approximate surface area is 245 Å². The quantitative estimate of drug-likeness (QED) is 0.213. The van der Waals surface area contributed by atoms with E-state index in [0.29, 0.717) is 17.0 Å². The molecule has 0 bridgehead atoms. The third kappa shape index (κ3) is 7.83. The molecule has 1 N–H and O–H groups in total. The van der Waals surface area contributed by atoms with Gasteiger partial charge in [-0.15, -0.1) is 0 Å². The molecule has 3 aromatic rings. The zero-order chi connectivity index (χ0) is 30.2. The molecule has 0 saturated heterocycles. The number of rotatable bonds is 13. The number of benzene rings is 3. The van der Waals surface area contributed by atoms with E-state index < -0.39 is 33.4 Å². The second kappa shape index (κ2) is 14.1. The van der Waals surface area contributed by atoms with Crippen molar-refractivity contribution in [2.24, 2.45) is 0 Å². The van der Waals surface area contributed by atoms with Crippen LogP contribution in [-0.4, -0.2) is 48.7 Å². The minimum absolute atomic E-state index is 0.0564. The van der Waals surface area contributed by atoms with Crippen LogP contribution in [0.4, 0.5) is 11.4 Å². The number of non-ortho nitro benzene ring substituents is 1. The summed E-state index contributed by atoms with van der Waals surface area (Å²) in [5, 5.41) is 14.8. The Morgan fingerprint density at radius 3 is 2.24 bits per heavy atom. The minimum Gasteiger partial charge on any atom is -0.352 e. The van der Waals surface area contributed by atoms with Gasteiger partial charge in [-0.25, -0.2) is 8.42 Å². The van der Waals surface area contributed by atoms with E-state index in [1.807, 2.05) is 13.8 Å². The zero-order valence-corrected chi connectivity index (χ0v) is 24.6. The van der Waals surface area contributed by atoms with Gasteiger partial charge in [0.05, 0.1) is 15.5 Å². The number of nitro groups is 1. The number of hydrogen-bond donors (Lipinski definition) is 1. The molecule has 0 saturated carbocycles. The largest absolute Gasteiger partial charge is 0.352 e. The third-order valence-corrected chi connectivity index (χ3v) is 8.78. The number of carbonyl (C=O) groups is 2. The number of sulfonamides is 1. The van der Waals surface area contributed by atoms with E-state index in [-0.39, 0.29) is 41.2 Å². The summed E-state index contributed by atoms with van der Waals surface area (Å²) >= 11 is 6.40. The molecule has 2 atom stereocenters. The first-order valence-electron chi connectivity index (χ1n) is 13.1. The van der Waals surface area contributed by atoms with Crippen LogP contribution in [-0.2, 0) is 26.2 Å². The van der Waals surface area contributed by atoms with Crippen molar-refractivity contribution in [1.82, 2.24) is 10.2 Å². The van der Waals surface area contributed by atoms with Crippen molar-refractivity contribution >= 4 is 44.8 Å². The van der Waals surface area contributed by atoms with Crippen LogP contribution in [0, 0.1) is 10.1 Å². The molecule has 10 nitrogen and oxygen atoms in total. The normalized spacial score (nSPS) is 12.7. The van der Waals surface area contributed by atoms with E-state index in [9.17, 15) is 28.1 Å². The monoisotopic (exact) mass is 600 g/mol. The van der Waals surface area contributed by atoms with Gasteiger partial charge in [-0.2, -0.15) is 0 Å². The highest BCUT2D eigenvalue weighted by Crippen LogP contribution is 2.28. The van der Waals surface area contributed by atoms with Crippen LogP contribution in [0.5, 0.6) is 0 Å². The fraction of sp³-hybridized carbons (Fsp3) is 0.310. The topological polar surface area (TPSA) is 130 Å². The van der Waals surface area contributed by atoms with E-state index in [2.05, 4.69) is 5.32 Å². The number of carbonyl (C=O) groups excluding carboxylic acids is 2. The van der Waals surface area contributed by atoms with E-state index >= 15 is 0 Å². The lowest BCUT2D eigenvalue weighted by molar-refractivity contribution is -0.384. The Morgan fingerprint density at radius 2 is 1.63 bits per heavy atom. The Morgan fingerprint density at radius 1 is 0.976 bits per heavy atom. The van der Waals surface area contributed by atoms with Crippen molar-refractivity contribution in [1.29, 1.82) is 0 Å². The molecule has 2 amide bonds. The summed E-state index contributed by atoms with van der Waals surface area (Å²) in [6, 6.07) is 18.3. The maximum atomic E-state index is 14.1. The second-order valence-corrected chi connectivity index (χ2v) is 11.7. The predicted molar refractivity (Wildman–Crippen MR) is 158 cm³/mol. The highest BCUT2D eigenvalue weighted by Gasteiger charge is 2.34. The van der Waals surface area contributed by atoms with Crippen LogP contribution in [0.25, 0.3) is 0 Å². The van der Waals surface area contributed by atoms with Crippen molar-refractivity contribution in [3.05, 3.63) is 99.6 Å². The molecule has 0 aromatic heterocycles. The molecular weight excluding hydrogens is 568 g/mol. The van der Waals surface area contributed by atoms with Crippen molar-refractivity contribution < 1.29 is 22.9 Å². The van der Waals surface area contributed by atoms with Gasteiger partial charge in [-0.1, -0.05) is 67.9 Å². The van der Waals surface area contributed by atoms with Gasteiger partial charge in [-0.05, 0) is 49.6 Å². The lowest BCUT2D eigenvalue weighted by Crippen LogP contribution is -2.53. The summed E-state index contributed by atoms with van der Waals surface area (Å²) in [7, 11) is -4.35. The molecule has 12 heteroatoms. The van der Waals surface area contributed by atoms with Crippen LogP contribution < -0.4 is 9.62 Å². The van der Waals surface area contributed by atoms with Gasteiger partial charge in [-0.3, -0.25) is 24.0 Å². The maximum absolute atomic E-state index is 14.1. The van der Waals surface area contributed by atoms with Gasteiger partial charge in [0, 0.05) is 29.7 Å². The lowest BCUT2D eigenvalue weighted by atomic mass is 10.1. The molecule has 0 spiro atoms. The van der Waals surface area contributed by atoms with E-state index in [0.717, 1.165) is 10.4 Å². The zero-order valence-electron chi connectivity index (χ0n) is 23.1. The molecule has 41 heavy (non-hydrogen) atoms. The van der Waals surface area contributed by atoms with E-state index in [1.165, 1.54) is 47.4 Å². The number of halogens is 1. The van der Waals surface area contributed by atoms with Crippen molar-refractivity contribution in [2.45, 2.75) is 57.1 Å². The number of nitro benzene ring substituents is 1. The molecule has 0 aliphatic heterocycles. The number of amides is 2. The summed E-state index contributed by atoms with van der Waals surface area (Å²) in [6.07, 6.45) is 0.928. The van der Waals surface area contributed by atoms with Crippen LogP contribution in [0.15, 0.2) is 83.8 Å². The van der Waals surface area contributed by atoms with Crippen LogP contribution in [0.2, 0.25) is 5.02 Å². The molecule has 0 radical (unpaired) electrons. The van der Waals surface area contributed by atoms with Gasteiger partial charge in [0.15, 0.2) is 0 Å². The molecule has 0 unspecified atom stereocenters. The molecular formula is C29H33ClN4O6S. The number of anilines is 1. The minimum atomic E-state index is -4.35. The van der Waals surface area contributed by atoms with Gasteiger partial charge in [0.2, 0.25) is 11.8 Å². The number of nitrogens with zero attached hydrogens (tertiary/aromatic N) is 3. The first kappa shape index (κ1) is 31.6. The second-order valence-electron chi connectivity index (χ2n) is 9.46. The van der Waals surface area contributed by atoms with E-state index in [1.54, 1.807) is 37.3 Å². The molecule has 3 rings (SSSR count). The van der Waals surface area contributed by atoms with Gasteiger partial charge in [0.1, 0.15) is 12.6 Å². The molecule has 218 valence electrons. The smallest absolute Gasteiger partial charge is 0.271 e. The van der Waals surface area contributed by atoms with Gasteiger partial charge >= 0.3 is 0 Å². The average Bonchev–Trinajstić information content (AvgIpc) is 2.96. The number of nitrogens with one attached hydrogen (secondary N) is 1. The molecule has 0 aliphatic carbocycles. The first-order chi connectivity index (χ1) is 19.5. The van der Waals surface area contributed by atoms with Crippen LogP contribution >= 0.6 is 11.6 Å². The van der Waals surface area contributed by atoms with Gasteiger partial charge in [0.25, 0.3) is 15.7 Å². The lowest BCUT2D eigenvalue weighted by Gasteiger charge is -2.33. The predicted octanol–water partition coefficient (Wildman–Crippen LogP) is 5.17. The Kier molecular flexibility index (Phi) is 10.8. The summed E-state index contributed by atoms with van der Waals surface area (Å²) < 4.78 is 28.5. The molecule has 0 aliphatic rings. The van der Waals surface area contributed by atoms with Crippen molar-refractivity contribution in [3.8, 4) is 0 Å². The first-order valence-corrected chi connectivity index (χ1v) is 15.0. The SMILES string of the molecule is CC[C@H](C(=O)N[C@@H](C)CC)N(Cc1ccccc1Cl)C(=O)CN(c1cccc([N+](=O)[O-])c1)S(=O)(=O)c1ccccc1. The third-order valence-electron chi connectivity index (χ3n) is 6.62. The van der Waals surface area contributed by atoms with Crippen LogP contribution in [0.3, 0.4) is 0 Å². The maximum Gasteiger partial charge on any atom is 0.271 e. The average molecular weight is 601 g/mol. The van der Waals surface area contributed by atoms with E-state index in [4.69, 9.17) is 11.6 Å². The fourth-order valence-corrected chi connectivity index (χ4v) is 5.80. The Bertz CT molecular complexity index is 1490. The Hall–Kier alpha value is -3.96. The summed E-state index contributed by atoms with van der Waals surface area (Å²) in [6.45, 7) is 4.76. The number of hydrogen-bond acceptors (Lipinski definition) is 6. The Balaban J connectivity index is 2.10. The summed E-state index contributed by atoms with van der Waals surface area (Å²) in [4.78, 5) is 39.4. The van der Waals surface area contributed by atoms with Crippen molar-refractivity contribution in [3.63, 3.8) is 0 Å². The summed E-state index contributed by atoms with van der Waals surface area (Å²) in [5.74, 6) is -1.06. The molecule has 3 aromatic carbocycles. The highest BCUT2D eigenvalue weighted by molar-refractivity contribution is 7.92. The standard InChI is InChI=1S/C29H33ClN4O6S/c1-4-21(3)31-29(36)27(5-2)32(19-22-12-9-10-17-26(22)30)28(35)20-33(23-13-11-14-24(18-23)34(37)38)41(39,40)25-15-7-6-8-16-25/h6-18,21,27H,4-5,19-20H2,1-3H3,(H,31,36)/t21-,27+/m0/s1. The summed E-state index contributed by atoms with van der Waals surface area (Å²) in [5.41, 5.74) is 0.173. The molecule has 0 fully saturated rings.